The monoisotopic (exact) mass is 518 g/mol. The minimum atomic E-state index is -3.98. The van der Waals surface area contributed by atoms with Crippen LogP contribution in [0.5, 0.6) is 0 Å². The van der Waals surface area contributed by atoms with E-state index < -0.39 is 16.1 Å². The molecule has 9 heteroatoms. The van der Waals surface area contributed by atoms with Crippen molar-refractivity contribution in [3.8, 4) is 0 Å². The largest absolute Gasteiger partial charge is 0.368 e. The maximum Gasteiger partial charge on any atom is 0.241 e. The third-order valence-corrected chi connectivity index (χ3v) is 8.34. The average Bonchev–Trinajstić information content (AvgIpc) is 2.93. The first-order valence-electron chi connectivity index (χ1n) is 12.5. The minimum Gasteiger partial charge on any atom is -0.368 e. The van der Waals surface area contributed by atoms with Gasteiger partial charge in [-0.25, -0.2) is 8.42 Å². The Balaban J connectivity index is 1.34. The fourth-order valence-electron chi connectivity index (χ4n) is 4.86. The smallest absolute Gasteiger partial charge is 0.241 e. The molecule has 0 radical (unpaired) electrons. The maximum atomic E-state index is 13.7. The lowest BCUT2D eigenvalue weighted by Gasteiger charge is -2.37. The molecule has 0 unspecified atom stereocenters. The highest BCUT2D eigenvalue weighted by Gasteiger charge is 2.32. The second-order valence-electron chi connectivity index (χ2n) is 9.38. The Kier molecular flexibility index (Phi) is 7.25. The number of rotatable bonds is 7. The Morgan fingerprint density at radius 2 is 1.57 bits per heavy atom. The van der Waals surface area contributed by atoms with Gasteiger partial charge in [-0.15, -0.1) is 0 Å². The number of sulfonamides is 1. The number of anilines is 2. The molecule has 1 fully saturated rings. The van der Waals surface area contributed by atoms with Gasteiger partial charge in [0.2, 0.25) is 21.8 Å². The molecule has 1 atom stereocenters. The second kappa shape index (κ2) is 10.7. The first kappa shape index (κ1) is 25.0. The van der Waals surface area contributed by atoms with Gasteiger partial charge in [-0.3, -0.25) is 9.59 Å². The molecule has 192 valence electrons. The number of nitrogens with one attached hydrogen (secondary N) is 2. The summed E-state index contributed by atoms with van der Waals surface area (Å²) in [6.45, 7) is 2.38. The van der Waals surface area contributed by atoms with E-state index in [1.165, 1.54) is 6.07 Å². The minimum absolute atomic E-state index is 0.0814. The van der Waals surface area contributed by atoms with Gasteiger partial charge in [0, 0.05) is 44.0 Å². The van der Waals surface area contributed by atoms with E-state index in [0.717, 1.165) is 16.8 Å². The fourth-order valence-corrected chi connectivity index (χ4v) is 6.10. The predicted molar refractivity (Wildman–Crippen MR) is 143 cm³/mol. The molecular weight excluding hydrogens is 488 g/mol. The van der Waals surface area contributed by atoms with Gasteiger partial charge in [-0.1, -0.05) is 48.5 Å². The summed E-state index contributed by atoms with van der Waals surface area (Å²) in [4.78, 5) is 29.4. The van der Waals surface area contributed by atoms with Gasteiger partial charge in [-0.05, 0) is 54.3 Å². The molecule has 0 spiro atoms. The average molecular weight is 519 g/mol. The molecule has 5 rings (SSSR count). The first-order chi connectivity index (χ1) is 17.9. The quantitative estimate of drug-likeness (QED) is 0.501. The third kappa shape index (κ3) is 5.84. The molecule has 1 saturated heterocycles. The van der Waals surface area contributed by atoms with E-state index in [2.05, 4.69) is 14.9 Å². The summed E-state index contributed by atoms with van der Waals surface area (Å²) in [5.41, 5.74) is 3.38. The van der Waals surface area contributed by atoms with Crippen molar-refractivity contribution in [3.63, 3.8) is 0 Å². The number of piperazine rings is 1. The van der Waals surface area contributed by atoms with Crippen molar-refractivity contribution in [1.29, 1.82) is 0 Å². The van der Waals surface area contributed by atoms with Gasteiger partial charge >= 0.3 is 0 Å². The van der Waals surface area contributed by atoms with E-state index in [0.29, 0.717) is 44.7 Å². The second-order valence-corrected chi connectivity index (χ2v) is 11.1. The van der Waals surface area contributed by atoms with Crippen molar-refractivity contribution in [1.82, 2.24) is 9.62 Å². The number of carbonyl (C=O) groups excluding carboxylic acids is 2. The molecule has 2 heterocycles. The van der Waals surface area contributed by atoms with Crippen LogP contribution in [-0.4, -0.2) is 57.4 Å². The Morgan fingerprint density at radius 1 is 0.892 bits per heavy atom. The topological polar surface area (TPSA) is 98.8 Å². The molecule has 3 aromatic rings. The predicted octanol–water partition coefficient (Wildman–Crippen LogP) is 2.81. The van der Waals surface area contributed by atoms with E-state index in [-0.39, 0.29) is 23.1 Å². The number of benzene rings is 3. The Hall–Kier alpha value is -3.69. The van der Waals surface area contributed by atoms with Crippen molar-refractivity contribution in [3.05, 3.63) is 90.0 Å². The number of amides is 2. The Labute approximate surface area is 217 Å². The number of aryl methyl sites for hydroxylation is 1. The van der Waals surface area contributed by atoms with Crippen LogP contribution in [0.2, 0.25) is 0 Å². The van der Waals surface area contributed by atoms with Crippen molar-refractivity contribution >= 4 is 33.2 Å². The van der Waals surface area contributed by atoms with Crippen LogP contribution in [-0.2, 0) is 32.5 Å². The van der Waals surface area contributed by atoms with Crippen LogP contribution in [0.3, 0.4) is 0 Å². The van der Waals surface area contributed by atoms with Crippen LogP contribution in [0, 0.1) is 0 Å². The van der Waals surface area contributed by atoms with Gasteiger partial charge in [0.1, 0.15) is 6.04 Å². The zero-order valence-corrected chi connectivity index (χ0v) is 21.3. The summed E-state index contributed by atoms with van der Waals surface area (Å²) in [6.07, 6.45) is 1.04. The van der Waals surface area contributed by atoms with Crippen LogP contribution >= 0.6 is 0 Å². The van der Waals surface area contributed by atoms with Crippen LogP contribution in [0.25, 0.3) is 0 Å². The van der Waals surface area contributed by atoms with E-state index in [1.54, 1.807) is 17.0 Å². The van der Waals surface area contributed by atoms with Crippen LogP contribution < -0.4 is 14.9 Å². The van der Waals surface area contributed by atoms with Gasteiger partial charge in [0.15, 0.2) is 0 Å². The van der Waals surface area contributed by atoms with E-state index >= 15 is 0 Å². The number of hydrogen-bond donors (Lipinski definition) is 2. The van der Waals surface area contributed by atoms with Gasteiger partial charge in [0.25, 0.3) is 0 Å². The van der Waals surface area contributed by atoms with Crippen molar-refractivity contribution < 1.29 is 18.0 Å². The molecule has 8 nitrogen and oxygen atoms in total. The standard InChI is InChI=1S/C28H30N4O4S/c33-27-14-11-22-20-24(12-13-25(22)29-27)37(35,36)30-26(19-21-7-3-1-4-8-21)28(34)32-17-15-31(16-18-32)23-9-5-2-6-10-23/h1-10,12-13,20,26,30H,11,14-19H2,(H,29,33)/t26-/m1/s1. The molecule has 2 aliphatic heterocycles. The van der Waals surface area contributed by atoms with Gasteiger partial charge in [0.05, 0.1) is 4.90 Å². The lowest BCUT2D eigenvalue weighted by atomic mass is 10.0. The molecule has 3 aromatic carbocycles. The van der Waals surface area contributed by atoms with Crippen LogP contribution in [0.1, 0.15) is 17.5 Å². The SMILES string of the molecule is O=C1CCc2cc(S(=O)(=O)N[C@H](Cc3ccccc3)C(=O)N3CCN(c4ccccc4)CC3)ccc2N1. The van der Waals surface area contributed by atoms with E-state index in [9.17, 15) is 18.0 Å². The van der Waals surface area contributed by atoms with E-state index in [4.69, 9.17) is 0 Å². The molecule has 0 bridgehead atoms. The number of carbonyl (C=O) groups is 2. The van der Waals surface area contributed by atoms with Crippen molar-refractivity contribution in [2.45, 2.75) is 30.2 Å². The number of para-hydroxylation sites is 1. The summed E-state index contributed by atoms with van der Waals surface area (Å²) >= 11 is 0. The molecular formula is C28H30N4O4S. The molecule has 0 saturated carbocycles. The normalized spacial score (nSPS) is 16.6. The molecule has 2 aliphatic rings. The van der Waals surface area contributed by atoms with Gasteiger partial charge < -0.3 is 15.1 Å². The highest BCUT2D eigenvalue weighted by molar-refractivity contribution is 7.89. The number of hydrogen-bond acceptors (Lipinski definition) is 5. The molecule has 2 N–H and O–H groups in total. The molecule has 0 aliphatic carbocycles. The molecule has 37 heavy (non-hydrogen) atoms. The summed E-state index contributed by atoms with van der Waals surface area (Å²) < 4.78 is 29.6. The Morgan fingerprint density at radius 3 is 2.27 bits per heavy atom. The summed E-state index contributed by atoms with van der Waals surface area (Å²) in [5, 5.41) is 2.77. The Bertz CT molecular complexity index is 1370. The molecule has 2 amide bonds. The third-order valence-electron chi connectivity index (χ3n) is 6.87. The van der Waals surface area contributed by atoms with Crippen molar-refractivity contribution in [2.75, 3.05) is 36.4 Å². The fraction of sp³-hybridized carbons (Fsp3) is 0.286. The zero-order valence-electron chi connectivity index (χ0n) is 20.5. The zero-order chi connectivity index (χ0) is 25.8. The first-order valence-corrected chi connectivity index (χ1v) is 14.0. The van der Waals surface area contributed by atoms with Crippen LogP contribution in [0.15, 0.2) is 83.8 Å². The van der Waals surface area contributed by atoms with Crippen molar-refractivity contribution in [2.24, 2.45) is 0 Å². The highest BCUT2D eigenvalue weighted by Crippen LogP contribution is 2.26. The maximum absolute atomic E-state index is 13.7. The highest BCUT2D eigenvalue weighted by atomic mass is 32.2. The summed E-state index contributed by atoms with van der Waals surface area (Å²) in [7, 11) is -3.98. The summed E-state index contributed by atoms with van der Waals surface area (Å²) in [6, 6.07) is 23.2. The number of fused-ring (bicyclic) bond motifs is 1. The lowest BCUT2D eigenvalue weighted by Crippen LogP contribution is -2.55. The van der Waals surface area contributed by atoms with E-state index in [1.807, 2.05) is 60.7 Å². The van der Waals surface area contributed by atoms with Crippen LogP contribution in [0.4, 0.5) is 11.4 Å². The van der Waals surface area contributed by atoms with Gasteiger partial charge in [-0.2, -0.15) is 4.72 Å². The number of nitrogens with zero attached hydrogens (tertiary/aromatic N) is 2. The summed E-state index contributed by atoms with van der Waals surface area (Å²) in [5.74, 6) is -0.313. The lowest BCUT2D eigenvalue weighted by molar-refractivity contribution is -0.133. The molecule has 0 aromatic heterocycles.